The zero-order chi connectivity index (χ0) is 15.5. The Morgan fingerprint density at radius 3 is 2.43 bits per heavy atom. The van der Waals surface area contributed by atoms with Crippen LogP contribution in [0.15, 0.2) is 52.5 Å². The summed E-state index contributed by atoms with van der Waals surface area (Å²) in [4.78, 5) is 2.26. The fourth-order valence-electron chi connectivity index (χ4n) is 1.72. The quantitative estimate of drug-likeness (QED) is 0.672. The van der Waals surface area contributed by atoms with Crippen molar-refractivity contribution in [1.82, 2.24) is 4.83 Å². The Morgan fingerprint density at radius 1 is 1.10 bits per heavy atom. The van der Waals surface area contributed by atoms with Crippen LogP contribution in [-0.2, 0) is 10.0 Å². The van der Waals surface area contributed by atoms with Crippen molar-refractivity contribution in [2.45, 2.75) is 18.7 Å². The number of nitrogens with zero attached hydrogens (tertiary/aromatic N) is 1. The molecular weight excluding hydrogens is 288 g/mol. The highest BCUT2D eigenvalue weighted by Gasteiger charge is 2.11. The smallest absolute Gasteiger partial charge is 0.276 e. The predicted molar refractivity (Wildman–Crippen MR) is 81.9 cm³/mol. The Balaban J connectivity index is 2.16. The van der Waals surface area contributed by atoms with Crippen molar-refractivity contribution in [3.63, 3.8) is 0 Å². The van der Waals surface area contributed by atoms with Gasteiger partial charge in [0, 0.05) is 5.56 Å². The number of aryl methyl sites for hydroxylation is 2. The average molecular weight is 304 g/mol. The van der Waals surface area contributed by atoms with Crippen LogP contribution in [0.1, 0.15) is 16.7 Å². The zero-order valence-corrected chi connectivity index (χ0v) is 12.6. The number of para-hydroxylation sites is 1. The molecule has 2 rings (SSSR count). The molecule has 0 saturated heterocycles. The highest BCUT2D eigenvalue weighted by Crippen LogP contribution is 2.19. The summed E-state index contributed by atoms with van der Waals surface area (Å²) >= 11 is 0. The standard InChI is InChI=1S/C15H16N2O3S/c1-11-6-8-14(9-7-11)21(19,20)17-16-10-13-5-3-4-12(2)15(13)18/h3-10,17-18H,1-2H3/b16-10+. The van der Waals surface area contributed by atoms with Gasteiger partial charge in [0.15, 0.2) is 0 Å². The van der Waals surface area contributed by atoms with Gasteiger partial charge in [-0.1, -0.05) is 29.8 Å². The molecule has 2 N–H and O–H groups in total. The topological polar surface area (TPSA) is 78.8 Å². The minimum Gasteiger partial charge on any atom is -0.507 e. The van der Waals surface area contributed by atoms with E-state index in [2.05, 4.69) is 9.93 Å². The number of phenolic OH excluding ortho intramolecular Hbond substituents is 1. The summed E-state index contributed by atoms with van der Waals surface area (Å²) < 4.78 is 24.0. The van der Waals surface area contributed by atoms with Gasteiger partial charge in [0.1, 0.15) is 5.75 Å². The van der Waals surface area contributed by atoms with E-state index in [-0.39, 0.29) is 10.6 Å². The minimum absolute atomic E-state index is 0.0794. The van der Waals surface area contributed by atoms with Gasteiger partial charge in [0.25, 0.3) is 10.0 Å². The number of rotatable bonds is 4. The lowest BCUT2D eigenvalue weighted by molar-refractivity contribution is 0.470. The van der Waals surface area contributed by atoms with Crippen LogP contribution in [0, 0.1) is 13.8 Å². The van der Waals surface area contributed by atoms with Crippen LogP contribution < -0.4 is 4.83 Å². The van der Waals surface area contributed by atoms with Crippen LogP contribution in [-0.4, -0.2) is 19.7 Å². The molecule has 0 heterocycles. The number of phenols is 1. The maximum atomic E-state index is 12.0. The second-order valence-electron chi connectivity index (χ2n) is 4.68. The Kier molecular flexibility index (Phi) is 4.28. The van der Waals surface area contributed by atoms with E-state index in [1.807, 2.05) is 6.92 Å². The molecule has 0 unspecified atom stereocenters. The Morgan fingerprint density at radius 2 is 1.76 bits per heavy atom. The average Bonchev–Trinajstić information content (AvgIpc) is 2.44. The Labute approximate surface area is 124 Å². The lowest BCUT2D eigenvalue weighted by Gasteiger charge is -2.04. The number of hydrogen-bond acceptors (Lipinski definition) is 4. The van der Waals surface area contributed by atoms with Crippen LogP contribution in [0.5, 0.6) is 5.75 Å². The lowest BCUT2D eigenvalue weighted by atomic mass is 10.1. The normalized spacial score (nSPS) is 11.7. The molecule has 2 aromatic rings. The maximum absolute atomic E-state index is 12.0. The van der Waals surface area contributed by atoms with Crippen LogP contribution in [0.4, 0.5) is 0 Å². The number of benzene rings is 2. The van der Waals surface area contributed by atoms with E-state index in [1.54, 1.807) is 37.3 Å². The highest BCUT2D eigenvalue weighted by molar-refractivity contribution is 7.89. The third-order valence-corrected chi connectivity index (χ3v) is 4.22. The van der Waals surface area contributed by atoms with Crippen LogP contribution >= 0.6 is 0 Å². The molecule has 6 heteroatoms. The molecule has 110 valence electrons. The molecule has 0 aliphatic rings. The summed E-state index contributed by atoms with van der Waals surface area (Å²) in [6.45, 7) is 3.63. The largest absolute Gasteiger partial charge is 0.507 e. The van der Waals surface area contributed by atoms with E-state index in [4.69, 9.17) is 0 Å². The van der Waals surface area contributed by atoms with E-state index in [1.165, 1.54) is 18.3 Å². The Bertz CT molecular complexity index is 766. The molecule has 0 aliphatic carbocycles. The maximum Gasteiger partial charge on any atom is 0.276 e. The fraction of sp³-hybridized carbons (Fsp3) is 0.133. The summed E-state index contributed by atoms with van der Waals surface area (Å²) in [5.74, 6) is 0.0794. The second-order valence-corrected chi connectivity index (χ2v) is 6.34. The molecule has 0 aliphatic heterocycles. The van der Waals surface area contributed by atoms with Crippen molar-refractivity contribution in [2.75, 3.05) is 0 Å². The highest BCUT2D eigenvalue weighted by atomic mass is 32.2. The van der Waals surface area contributed by atoms with Crippen molar-refractivity contribution in [3.05, 3.63) is 59.2 Å². The van der Waals surface area contributed by atoms with Gasteiger partial charge >= 0.3 is 0 Å². The molecule has 0 aromatic heterocycles. The summed E-state index contributed by atoms with van der Waals surface area (Å²) in [5.41, 5.74) is 2.11. The predicted octanol–water partition coefficient (Wildman–Crippen LogP) is 2.32. The van der Waals surface area contributed by atoms with Crippen molar-refractivity contribution in [1.29, 1.82) is 0 Å². The number of nitrogens with one attached hydrogen (secondary N) is 1. The van der Waals surface area contributed by atoms with Gasteiger partial charge in [-0.25, -0.2) is 4.83 Å². The first-order valence-corrected chi connectivity index (χ1v) is 7.78. The molecule has 2 aromatic carbocycles. The summed E-state index contributed by atoms with van der Waals surface area (Å²) in [5, 5.41) is 13.5. The third kappa shape index (κ3) is 3.61. The molecule has 0 atom stereocenters. The van der Waals surface area contributed by atoms with Crippen LogP contribution in [0.3, 0.4) is 0 Å². The first kappa shape index (κ1) is 15.1. The molecule has 0 fully saturated rings. The monoisotopic (exact) mass is 304 g/mol. The van der Waals surface area contributed by atoms with Crippen molar-refractivity contribution in [3.8, 4) is 5.75 Å². The summed E-state index contributed by atoms with van der Waals surface area (Å²) in [7, 11) is -3.70. The molecule has 21 heavy (non-hydrogen) atoms. The van der Waals surface area contributed by atoms with E-state index < -0.39 is 10.0 Å². The van der Waals surface area contributed by atoms with Crippen LogP contribution in [0.2, 0.25) is 0 Å². The van der Waals surface area contributed by atoms with Crippen molar-refractivity contribution in [2.24, 2.45) is 5.10 Å². The van der Waals surface area contributed by atoms with Gasteiger partial charge in [-0.2, -0.15) is 13.5 Å². The Hall–Kier alpha value is -2.34. The van der Waals surface area contributed by atoms with Gasteiger partial charge in [0.2, 0.25) is 0 Å². The number of hydrazone groups is 1. The first-order valence-electron chi connectivity index (χ1n) is 6.30. The molecule has 0 radical (unpaired) electrons. The van der Waals surface area contributed by atoms with Crippen molar-refractivity contribution < 1.29 is 13.5 Å². The minimum atomic E-state index is -3.70. The number of hydrogen-bond donors (Lipinski definition) is 2. The van der Waals surface area contributed by atoms with Crippen molar-refractivity contribution >= 4 is 16.2 Å². The van der Waals surface area contributed by atoms with Gasteiger partial charge in [-0.3, -0.25) is 0 Å². The zero-order valence-electron chi connectivity index (χ0n) is 11.7. The number of sulfonamides is 1. The van der Waals surface area contributed by atoms with E-state index in [9.17, 15) is 13.5 Å². The van der Waals surface area contributed by atoms with E-state index in [0.29, 0.717) is 11.1 Å². The molecule has 0 bridgehead atoms. The molecule has 0 saturated carbocycles. The second kappa shape index (κ2) is 5.97. The number of aromatic hydroxyl groups is 1. The van der Waals surface area contributed by atoms with Gasteiger partial charge < -0.3 is 5.11 Å². The molecular formula is C15H16N2O3S. The van der Waals surface area contributed by atoms with Gasteiger partial charge in [-0.15, -0.1) is 0 Å². The van der Waals surface area contributed by atoms with E-state index >= 15 is 0 Å². The third-order valence-electron chi connectivity index (χ3n) is 2.98. The summed E-state index contributed by atoms with van der Waals surface area (Å²) in [6.07, 6.45) is 1.27. The molecule has 0 amide bonds. The van der Waals surface area contributed by atoms with Gasteiger partial charge in [0.05, 0.1) is 11.1 Å². The van der Waals surface area contributed by atoms with Crippen LogP contribution in [0.25, 0.3) is 0 Å². The first-order chi connectivity index (χ1) is 9.90. The van der Waals surface area contributed by atoms with E-state index in [0.717, 1.165) is 5.56 Å². The van der Waals surface area contributed by atoms with Gasteiger partial charge in [-0.05, 0) is 37.6 Å². The summed E-state index contributed by atoms with van der Waals surface area (Å²) in [6, 6.07) is 11.6. The lowest BCUT2D eigenvalue weighted by Crippen LogP contribution is -2.18. The molecule has 0 spiro atoms. The SMILES string of the molecule is Cc1ccc(S(=O)(=O)N/N=C/c2cccc(C)c2O)cc1. The molecule has 5 nitrogen and oxygen atoms in total. The fourth-order valence-corrected chi connectivity index (χ4v) is 2.51.